The van der Waals surface area contributed by atoms with Gasteiger partial charge in [-0.1, -0.05) is 0 Å². The highest BCUT2D eigenvalue weighted by molar-refractivity contribution is 5.92. The fourth-order valence-corrected chi connectivity index (χ4v) is 3.43. The van der Waals surface area contributed by atoms with Gasteiger partial charge in [0.2, 0.25) is 0 Å². The van der Waals surface area contributed by atoms with Gasteiger partial charge in [0, 0.05) is 32.0 Å². The van der Waals surface area contributed by atoms with Gasteiger partial charge in [-0.2, -0.15) is 5.10 Å². The lowest BCUT2D eigenvalue weighted by Crippen LogP contribution is -2.45. The molecule has 1 aromatic heterocycles. The summed E-state index contributed by atoms with van der Waals surface area (Å²) in [6, 6.07) is 1.80. The number of ether oxygens (including phenoxy) is 1. The van der Waals surface area contributed by atoms with E-state index in [0.717, 1.165) is 45.3 Å². The second-order valence-corrected chi connectivity index (χ2v) is 6.27. The molecule has 1 atom stereocenters. The van der Waals surface area contributed by atoms with Gasteiger partial charge in [-0.15, -0.1) is 0 Å². The zero-order chi connectivity index (χ0) is 16.2. The van der Waals surface area contributed by atoms with Gasteiger partial charge in [0.25, 0.3) is 5.91 Å². The Bertz CT molecular complexity index is 565. The van der Waals surface area contributed by atoms with Gasteiger partial charge in [0.15, 0.2) is 0 Å². The maximum atomic E-state index is 12.7. The van der Waals surface area contributed by atoms with Crippen molar-refractivity contribution in [1.29, 1.82) is 0 Å². The number of hydrogen-bond acceptors (Lipinski definition) is 4. The molecule has 1 aromatic rings. The van der Waals surface area contributed by atoms with Crippen LogP contribution in [0.15, 0.2) is 12.3 Å². The van der Waals surface area contributed by atoms with E-state index in [1.54, 1.807) is 11.0 Å². The zero-order valence-corrected chi connectivity index (χ0v) is 13.2. The van der Waals surface area contributed by atoms with Crippen LogP contribution in [0.5, 0.6) is 0 Å². The van der Waals surface area contributed by atoms with Gasteiger partial charge < -0.3 is 14.7 Å². The Morgan fingerprint density at radius 3 is 2.78 bits per heavy atom. The van der Waals surface area contributed by atoms with Crippen LogP contribution in [0.1, 0.15) is 55.1 Å². The molecule has 0 aliphatic carbocycles. The van der Waals surface area contributed by atoms with Gasteiger partial charge in [0.1, 0.15) is 5.69 Å². The van der Waals surface area contributed by atoms with E-state index >= 15 is 0 Å². The van der Waals surface area contributed by atoms with E-state index in [2.05, 4.69) is 5.10 Å². The van der Waals surface area contributed by atoms with Crippen molar-refractivity contribution in [3.05, 3.63) is 18.0 Å². The molecule has 7 heteroatoms. The summed E-state index contributed by atoms with van der Waals surface area (Å²) in [6.45, 7) is 2.06. The van der Waals surface area contributed by atoms with Crippen molar-refractivity contribution in [2.45, 2.75) is 50.6 Å². The highest BCUT2D eigenvalue weighted by Crippen LogP contribution is 2.23. The summed E-state index contributed by atoms with van der Waals surface area (Å²) in [6.07, 6.45) is 6.30. The predicted octanol–water partition coefficient (Wildman–Crippen LogP) is 1.70. The molecule has 0 spiro atoms. The molecular weight excluding hydrogens is 298 g/mol. The van der Waals surface area contributed by atoms with Crippen molar-refractivity contribution in [3.8, 4) is 0 Å². The quantitative estimate of drug-likeness (QED) is 0.912. The van der Waals surface area contributed by atoms with Crippen LogP contribution in [0.3, 0.4) is 0 Å². The maximum absolute atomic E-state index is 12.7. The van der Waals surface area contributed by atoms with Crippen LogP contribution in [-0.4, -0.2) is 57.5 Å². The fourth-order valence-electron chi connectivity index (χ4n) is 3.43. The highest BCUT2D eigenvalue weighted by atomic mass is 16.5. The number of amides is 1. The van der Waals surface area contributed by atoms with E-state index in [9.17, 15) is 9.59 Å². The van der Waals surface area contributed by atoms with Crippen molar-refractivity contribution in [3.63, 3.8) is 0 Å². The monoisotopic (exact) mass is 321 g/mol. The van der Waals surface area contributed by atoms with Crippen LogP contribution in [0.4, 0.5) is 0 Å². The third-order valence-corrected chi connectivity index (χ3v) is 4.69. The molecular formula is C16H23N3O4. The number of carboxylic acids is 1. The molecule has 2 saturated heterocycles. The molecule has 126 valence electrons. The molecule has 3 rings (SSSR count). The number of carbonyl (C=O) groups is 2. The van der Waals surface area contributed by atoms with E-state index in [1.165, 1.54) is 0 Å². The zero-order valence-electron chi connectivity index (χ0n) is 13.2. The Morgan fingerprint density at radius 2 is 2.04 bits per heavy atom. The minimum atomic E-state index is -0.859. The third-order valence-electron chi connectivity index (χ3n) is 4.69. The average molecular weight is 321 g/mol. The molecule has 3 heterocycles. The normalized spacial score (nSPS) is 23.0. The summed E-state index contributed by atoms with van der Waals surface area (Å²) in [7, 11) is 0. The van der Waals surface area contributed by atoms with Crippen LogP contribution in [-0.2, 0) is 9.53 Å². The van der Waals surface area contributed by atoms with Crippen molar-refractivity contribution in [2.75, 3.05) is 19.8 Å². The van der Waals surface area contributed by atoms with Gasteiger partial charge in [0.05, 0.1) is 12.5 Å². The first kappa shape index (κ1) is 16.0. The lowest BCUT2D eigenvalue weighted by Gasteiger charge is -2.34. The molecule has 23 heavy (non-hydrogen) atoms. The number of aromatic nitrogens is 2. The first-order chi connectivity index (χ1) is 11.1. The summed E-state index contributed by atoms with van der Waals surface area (Å²) >= 11 is 0. The lowest BCUT2D eigenvalue weighted by molar-refractivity contribution is -0.138. The molecule has 2 fully saturated rings. The SMILES string of the molecule is O=C(O)CC1CCCCN1C(=O)c1ccn(C2CCOCC2)n1. The number of hydrogen-bond donors (Lipinski definition) is 1. The summed E-state index contributed by atoms with van der Waals surface area (Å²) in [5, 5.41) is 13.5. The number of carboxylic acid groups (broad SMARTS) is 1. The van der Waals surface area contributed by atoms with E-state index in [0.29, 0.717) is 12.2 Å². The molecule has 1 unspecified atom stereocenters. The summed E-state index contributed by atoms with van der Waals surface area (Å²) < 4.78 is 7.20. The van der Waals surface area contributed by atoms with Crippen LogP contribution in [0.2, 0.25) is 0 Å². The average Bonchev–Trinajstić information content (AvgIpc) is 3.05. The van der Waals surface area contributed by atoms with Crippen LogP contribution in [0, 0.1) is 0 Å². The molecule has 0 radical (unpaired) electrons. The van der Waals surface area contributed by atoms with Crippen LogP contribution < -0.4 is 0 Å². The first-order valence-corrected chi connectivity index (χ1v) is 8.31. The Kier molecular flexibility index (Phi) is 4.95. The van der Waals surface area contributed by atoms with E-state index in [1.807, 2.05) is 10.9 Å². The van der Waals surface area contributed by atoms with Crippen molar-refractivity contribution in [1.82, 2.24) is 14.7 Å². The number of piperidine rings is 1. The number of nitrogens with zero attached hydrogens (tertiary/aromatic N) is 3. The number of carbonyl (C=O) groups excluding carboxylic acids is 1. The largest absolute Gasteiger partial charge is 0.481 e. The predicted molar refractivity (Wildman–Crippen MR) is 82.2 cm³/mol. The smallest absolute Gasteiger partial charge is 0.305 e. The van der Waals surface area contributed by atoms with Crippen molar-refractivity contribution >= 4 is 11.9 Å². The Balaban J connectivity index is 1.71. The molecule has 7 nitrogen and oxygen atoms in total. The summed E-state index contributed by atoms with van der Waals surface area (Å²) in [5.74, 6) is -1.01. The number of aliphatic carboxylic acids is 1. The van der Waals surface area contributed by atoms with Gasteiger partial charge in [-0.05, 0) is 38.2 Å². The Morgan fingerprint density at radius 1 is 1.26 bits per heavy atom. The van der Waals surface area contributed by atoms with Gasteiger partial charge >= 0.3 is 5.97 Å². The highest BCUT2D eigenvalue weighted by Gasteiger charge is 2.30. The van der Waals surface area contributed by atoms with Crippen molar-refractivity contribution < 1.29 is 19.4 Å². The van der Waals surface area contributed by atoms with E-state index < -0.39 is 5.97 Å². The standard InChI is InChI=1S/C16H23N3O4/c20-15(21)11-13-3-1-2-7-18(13)16(22)14-4-8-19(17-14)12-5-9-23-10-6-12/h4,8,12-13H,1-3,5-7,9-11H2,(H,20,21). The molecule has 2 aliphatic heterocycles. The molecule has 0 aromatic carbocycles. The second-order valence-electron chi connectivity index (χ2n) is 6.27. The molecule has 0 saturated carbocycles. The van der Waals surface area contributed by atoms with Crippen molar-refractivity contribution in [2.24, 2.45) is 0 Å². The summed E-state index contributed by atoms with van der Waals surface area (Å²) in [5.41, 5.74) is 0.411. The topological polar surface area (TPSA) is 84.7 Å². The molecule has 0 bridgehead atoms. The molecule has 1 N–H and O–H groups in total. The Labute approximate surface area is 135 Å². The molecule has 2 aliphatic rings. The van der Waals surface area contributed by atoms with Gasteiger partial charge in [-0.25, -0.2) is 0 Å². The summed E-state index contributed by atoms with van der Waals surface area (Å²) in [4.78, 5) is 25.4. The first-order valence-electron chi connectivity index (χ1n) is 8.31. The molecule has 1 amide bonds. The second kappa shape index (κ2) is 7.12. The van der Waals surface area contributed by atoms with E-state index in [4.69, 9.17) is 9.84 Å². The number of rotatable bonds is 4. The third kappa shape index (κ3) is 3.72. The lowest BCUT2D eigenvalue weighted by atomic mass is 9.99. The van der Waals surface area contributed by atoms with Crippen LogP contribution in [0.25, 0.3) is 0 Å². The van der Waals surface area contributed by atoms with E-state index in [-0.39, 0.29) is 24.4 Å². The maximum Gasteiger partial charge on any atom is 0.305 e. The Hall–Kier alpha value is -1.89. The minimum Gasteiger partial charge on any atom is -0.481 e. The number of likely N-dealkylation sites (tertiary alicyclic amines) is 1. The minimum absolute atomic E-state index is 0.00636. The van der Waals surface area contributed by atoms with Crippen LogP contribution >= 0.6 is 0 Å². The fraction of sp³-hybridized carbons (Fsp3) is 0.688. The van der Waals surface area contributed by atoms with Gasteiger partial charge in [-0.3, -0.25) is 14.3 Å².